The molecule has 0 saturated heterocycles. The molecule has 3 N–H and O–H groups in total. The fourth-order valence-electron chi connectivity index (χ4n) is 1.75. The molecular weight excluding hydrogens is 292 g/mol. The predicted molar refractivity (Wildman–Crippen MR) is 80.6 cm³/mol. The fourth-order valence-corrected chi connectivity index (χ4v) is 2.15. The molecule has 0 radical (unpaired) electrons. The molecule has 5 heteroatoms. The Bertz CT molecular complexity index is 335. The van der Waals surface area contributed by atoms with Gasteiger partial charge >= 0.3 is 0 Å². The van der Waals surface area contributed by atoms with E-state index in [0.717, 1.165) is 23.5 Å². The van der Waals surface area contributed by atoms with Crippen LogP contribution in [0.2, 0.25) is 0 Å². The molecule has 0 spiro atoms. The van der Waals surface area contributed by atoms with Gasteiger partial charge in [0.25, 0.3) is 0 Å². The van der Waals surface area contributed by atoms with Crippen molar-refractivity contribution in [1.82, 2.24) is 9.97 Å². The van der Waals surface area contributed by atoms with Crippen LogP contribution in [0.5, 0.6) is 0 Å². The monoisotopic (exact) mass is 314 g/mol. The van der Waals surface area contributed by atoms with Gasteiger partial charge in [0.1, 0.15) is 10.4 Å². The van der Waals surface area contributed by atoms with Gasteiger partial charge < -0.3 is 11.1 Å². The predicted octanol–water partition coefficient (Wildman–Crippen LogP) is 3.84. The van der Waals surface area contributed by atoms with Crippen molar-refractivity contribution in [2.45, 2.75) is 46.0 Å². The van der Waals surface area contributed by atoms with E-state index in [4.69, 9.17) is 5.73 Å². The lowest BCUT2D eigenvalue weighted by molar-refractivity contribution is 0.523. The molecule has 0 atom stereocenters. The molecule has 0 aliphatic carbocycles. The van der Waals surface area contributed by atoms with Gasteiger partial charge in [-0.05, 0) is 28.3 Å². The highest BCUT2D eigenvalue weighted by molar-refractivity contribution is 9.10. The van der Waals surface area contributed by atoms with Crippen molar-refractivity contribution in [1.29, 1.82) is 0 Å². The summed E-state index contributed by atoms with van der Waals surface area (Å²) in [6.45, 7) is 5.45. The SMILES string of the molecule is CC(C)CCCCCCNc1nc(N)cc(Br)n1. The van der Waals surface area contributed by atoms with Crippen LogP contribution in [-0.2, 0) is 0 Å². The van der Waals surface area contributed by atoms with E-state index < -0.39 is 0 Å². The van der Waals surface area contributed by atoms with E-state index in [1.54, 1.807) is 6.07 Å². The number of nitrogens with zero attached hydrogens (tertiary/aromatic N) is 2. The quantitative estimate of drug-likeness (QED) is 0.565. The lowest BCUT2D eigenvalue weighted by Crippen LogP contribution is -2.07. The molecule has 0 saturated carbocycles. The molecule has 0 aliphatic heterocycles. The summed E-state index contributed by atoms with van der Waals surface area (Å²) < 4.78 is 0.717. The molecule has 0 unspecified atom stereocenters. The molecule has 0 bridgehead atoms. The Labute approximate surface area is 118 Å². The van der Waals surface area contributed by atoms with Crippen molar-refractivity contribution >= 4 is 27.7 Å². The lowest BCUT2D eigenvalue weighted by Gasteiger charge is -2.06. The summed E-state index contributed by atoms with van der Waals surface area (Å²) in [5.41, 5.74) is 5.64. The van der Waals surface area contributed by atoms with Crippen LogP contribution >= 0.6 is 15.9 Å². The number of hydrogen-bond donors (Lipinski definition) is 2. The highest BCUT2D eigenvalue weighted by Crippen LogP contribution is 2.13. The number of rotatable bonds is 8. The standard InChI is InChI=1S/C13H23BrN4/c1-10(2)7-5-3-4-6-8-16-13-17-11(14)9-12(15)18-13/h9-10H,3-8H2,1-2H3,(H3,15,16,17,18). The van der Waals surface area contributed by atoms with Crippen LogP contribution in [-0.4, -0.2) is 16.5 Å². The molecule has 0 aliphatic rings. The minimum Gasteiger partial charge on any atom is -0.383 e. The van der Waals surface area contributed by atoms with Gasteiger partial charge in [0.05, 0.1) is 0 Å². The van der Waals surface area contributed by atoms with Crippen LogP contribution in [0.4, 0.5) is 11.8 Å². The second kappa shape index (κ2) is 8.29. The van der Waals surface area contributed by atoms with E-state index in [0.29, 0.717) is 11.8 Å². The average Bonchev–Trinajstić information content (AvgIpc) is 2.26. The Morgan fingerprint density at radius 2 is 1.94 bits per heavy atom. The molecule has 0 aromatic carbocycles. The number of unbranched alkanes of at least 4 members (excludes halogenated alkanes) is 3. The largest absolute Gasteiger partial charge is 0.383 e. The number of nitrogens with one attached hydrogen (secondary N) is 1. The molecule has 1 aromatic heterocycles. The molecule has 1 heterocycles. The minimum absolute atomic E-state index is 0.483. The third-order valence-electron chi connectivity index (χ3n) is 2.71. The summed E-state index contributed by atoms with van der Waals surface area (Å²) >= 11 is 3.30. The first-order chi connectivity index (χ1) is 8.58. The molecule has 1 aromatic rings. The van der Waals surface area contributed by atoms with Crippen molar-refractivity contribution in [2.24, 2.45) is 5.92 Å². The van der Waals surface area contributed by atoms with E-state index in [1.165, 1.54) is 25.7 Å². The average molecular weight is 315 g/mol. The van der Waals surface area contributed by atoms with Crippen molar-refractivity contribution in [3.63, 3.8) is 0 Å². The van der Waals surface area contributed by atoms with Gasteiger partial charge in [-0.3, -0.25) is 0 Å². The van der Waals surface area contributed by atoms with Crippen LogP contribution in [0.15, 0.2) is 10.7 Å². The zero-order chi connectivity index (χ0) is 13.4. The minimum atomic E-state index is 0.483. The van der Waals surface area contributed by atoms with E-state index >= 15 is 0 Å². The van der Waals surface area contributed by atoms with Crippen LogP contribution in [0, 0.1) is 5.92 Å². The molecular formula is C13H23BrN4. The zero-order valence-electron chi connectivity index (χ0n) is 11.2. The summed E-state index contributed by atoms with van der Waals surface area (Å²) in [7, 11) is 0. The topological polar surface area (TPSA) is 63.8 Å². The summed E-state index contributed by atoms with van der Waals surface area (Å²) in [5, 5.41) is 3.19. The third-order valence-corrected chi connectivity index (χ3v) is 3.11. The van der Waals surface area contributed by atoms with Crippen LogP contribution in [0.25, 0.3) is 0 Å². The second-order valence-electron chi connectivity index (χ2n) is 4.96. The Kier molecular flexibility index (Phi) is 7.01. The number of halogens is 1. The zero-order valence-corrected chi connectivity index (χ0v) is 12.8. The van der Waals surface area contributed by atoms with Gasteiger partial charge in [-0.15, -0.1) is 0 Å². The normalized spacial score (nSPS) is 10.9. The maximum Gasteiger partial charge on any atom is 0.225 e. The van der Waals surface area contributed by atoms with E-state index in [2.05, 4.69) is 45.1 Å². The van der Waals surface area contributed by atoms with Gasteiger partial charge in [0.2, 0.25) is 5.95 Å². The second-order valence-corrected chi connectivity index (χ2v) is 5.78. The van der Waals surface area contributed by atoms with Gasteiger partial charge in [-0.25, -0.2) is 4.98 Å². The Morgan fingerprint density at radius 1 is 1.22 bits per heavy atom. The number of anilines is 2. The van der Waals surface area contributed by atoms with Crippen molar-refractivity contribution in [2.75, 3.05) is 17.6 Å². The van der Waals surface area contributed by atoms with Gasteiger partial charge in [0, 0.05) is 12.6 Å². The summed E-state index contributed by atoms with van der Waals surface area (Å²) in [6, 6.07) is 1.69. The fraction of sp³-hybridized carbons (Fsp3) is 0.692. The van der Waals surface area contributed by atoms with E-state index in [9.17, 15) is 0 Å². The first kappa shape index (κ1) is 15.2. The molecule has 1 rings (SSSR count). The van der Waals surface area contributed by atoms with Crippen LogP contribution in [0.1, 0.15) is 46.0 Å². The van der Waals surface area contributed by atoms with Crippen LogP contribution in [0.3, 0.4) is 0 Å². The maximum atomic E-state index is 5.64. The number of nitrogens with two attached hydrogens (primary N) is 1. The first-order valence-corrected chi connectivity index (χ1v) is 7.41. The van der Waals surface area contributed by atoms with Crippen molar-refractivity contribution < 1.29 is 0 Å². The van der Waals surface area contributed by atoms with E-state index in [-0.39, 0.29) is 0 Å². The smallest absolute Gasteiger partial charge is 0.225 e. The molecule has 0 amide bonds. The van der Waals surface area contributed by atoms with Gasteiger partial charge in [-0.1, -0.05) is 39.5 Å². The first-order valence-electron chi connectivity index (χ1n) is 6.62. The Hall–Kier alpha value is -0.840. The summed E-state index contributed by atoms with van der Waals surface area (Å²) in [4.78, 5) is 8.32. The number of nitrogen functional groups attached to an aromatic ring is 1. The summed E-state index contributed by atoms with van der Waals surface area (Å²) in [6.07, 6.45) is 6.37. The van der Waals surface area contributed by atoms with Crippen LogP contribution < -0.4 is 11.1 Å². The number of hydrogen-bond acceptors (Lipinski definition) is 4. The third kappa shape index (κ3) is 6.79. The Balaban J connectivity index is 2.10. The van der Waals surface area contributed by atoms with Crippen molar-refractivity contribution in [3.05, 3.63) is 10.7 Å². The highest BCUT2D eigenvalue weighted by Gasteiger charge is 2.00. The van der Waals surface area contributed by atoms with E-state index in [1.807, 2.05) is 0 Å². The molecule has 18 heavy (non-hydrogen) atoms. The van der Waals surface area contributed by atoms with Crippen molar-refractivity contribution in [3.8, 4) is 0 Å². The molecule has 102 valence electrons. The summed E-state index contributed by atoms with van der Waals surface area (Å²) in [5.74, 6) is 1.90. The highest BCUT2D eigenvalue weighted by atomic mass is 79.9. The maximum absolute atomic E-state index is 5.64. The number of aromatic nitrogens is 2. The lowest BCUT2D eigenvalue weighted by atomic mass is 10.0. The Morgan fingerprint density at radius 3 is 2.61 bits per heavy atom. The van der Waals surface area contributed by atoms with Gasteiger partial charge in [-0.2, -0.15) is 4.98 Å². The van der Waals surface area contributed by atoms with Gasteiger partial charge in [0.15, 0.2) is 0 Å². The molecule has 0 fully saturated rings. The molecule has 4 nitrogen and oxygen atoms in total.